The second-order valence-electron chi connectivity index (χ2n) is 6.82. The Morgan fingerprint density at radius 1 is 1.33 bits per heavy atom. The van der Waals surface area contributed by atoms with Crippen molar-refractivity contribution in [2.75, 3.05) is 26.8 Å². The molecule has 1 aromatic heterocycles. The number of benzene rings is 1. The molecule has 1 aliphatic rings. The highest BCUT2D eigenvalue weighted by Crippen LogP contribution is 2.26. The van der Waals surface area contributed by atoms with Gasteiger partial charge in [0.25, 0.3) is 0 Å². The molecule has 0 aliphatic carbocycles. The van der Waals surface area contributed by atoms with Crippen LogP contribution < -0.4 is 15.4 Å². The van der Waals surface area contributed by atoms with E-state index in [-0.39, 0.29) is 5.60 Å². The van der Waals surface area contributed by atoms with E-state index in [9.17, 15) is 0 Å². The molecule has 0 saturated carbocycles. The molecule has 7 heteroatoms. The second kappa shape index (κ2) is 9.19. The Morgan fingerprint density at radius 3 is 2.81 bits per heavy atom. The van der Waals surface area contributed by atoms with Crippen LogP contribution >= 0.6 is 11.3 Å². The number of aliphatic imine (C=N–C) groups is 1. The van der Waals surface area contributed by atoms with Crippen molar-refractivity contribution < 1.29 is 9.47 Å². The summed E-state index contributed by atoms with van der Waals surface area (Å²) in [6, 6.07) is 7.96. The molecule has 146 valence electrons. The predicted octanol–water partition coefficient (Wildman–Crippen LogP) is 3.44. The number of aromatic nitrogens is 1. The van der Waals surface area contributed by atoms with Gasteiger partial charge < -0.3 is 20.1 Å². The summed E-state index contributed by atoms with van der Waals surface area (Å²) in [5.74, 6) is 1.65. The number of hydrogen-bond acceptors (Lipinski definition) is 5. The van der Waals surface area contributed by atoms with Crippen molar-refractivity contribution in [1.82, 2.24) is 15.6 Å². The van der Waals surface area contributed by atoms with E-state index in [0.29, 0.717) is 6.54 Å². The molecular weight excluding hydrogens is 360 g/mol. The van der Waals surface area contributed by atoms with Gasteiger partial charge >= 0.3 is 0 Å². The summed E-state index contributed by atoms with van der Waals surface area (Å²) in [6.07, 6.45) is 2.20. The molecule has 1 fully saturated rings. The molecule has 6 nitrogen and oxygen atoms in total. The molecule has 1 unspecified atom stereocenters. The number of thiazole rings is 1. The quantitative estimate of drug-likeness (QED) is 0.562. The lowest BCUT2D eigenvalue weighted by Gasteiger charge is -2.24. The molecule has 0 spiro atoms. The van der Waals surface area contributed by atoms with Crippen LogP contribution in [-0.4, -0.2) is 43.4 Å². The summed E-state index contributed by atoms with van der Waals surface area (Å²) in [4.78, 5) is 9.38. The normalized spacial score (nSPS) is 19.9. The first-order valence-corrected chi connectivity index (χ1v) is 10.2. The van der Waals surface area contributed by atoms with Gasteiger partial charge in [-0.1, -0.05) is 0 Å². The molecule has 27 heavy (non-hydrogen) atoms. The maximum absolute atomic E-state index is 5.84. The second-order valence-corrected chi connectivity index (χ2v) is 7.68. The molecule has 0 amide bonds. The first-order valence-electron chi connectivity index (χ1n) is 9.37. The molecule has 3 rings (SSSR count). The maximum Gasteiger partial charge on any atom is 0.191 e. The van der Waals surface area contributed by atoms with Gasteiger partial charge in [0.15, 0.2) is 5.96 Å². The molecule has 2 N–H and O–H groups in total. The number of hydrogen-bond donors (Lipinski definition) is 2. The number of guanidine groups is 1. The number of nitrogens with one attached hydrogen (secondary N) is 2. The zero-order chi connectivity index (χ0) is 19.1. The SMILES string of the molecule is CCNC(=NCc1csc(-c2ccc(OC)cc2)n1)NCC1(C)CCCO1. The lowest BCUT2D eigenvalue weighted by molar-refractivity contribution is 0.0243. The van der Waals surface area contributed by atoms with Gasteiger partial charge in [0.1, 0.15) is 10.8 Å². The third-order valence-electron chi connectivity index (χ3n) is 4.56. The first-order chi connectivity index (χ1) is 13.1. The van der Waals surface area contributed by atoms with Crippen molar-refractivity contribution in [3.63, 3.8) is 0 Å². The van der Waals surface area contributed by atoms with Crippen LogP contribution in [0.1, 0.15) is 32.4 Å². The Hall–Kier alpha value is -2.12. The highest BCUT2D eigenvalue weighted by atomic mass is 32.1. The molecule has 0 radical (unpaired) electrons. The number of methoxy groups -OCH3 is 1. The number of ether oxygens (including phenoxy) is 2. The Kier molecular flexibility index (Phi) is 6.68. The monoisotopic (exact) mass is 388 g/mol. The topological polar surface area (TPSA) is 67.8 Å². The van der Waals surface area contributed by atoms with Crippen molar-refractivity contribution in [3.05, 3.63) is 35.3 Å². The third-order valence-corrected chi connectivity index (χ3v) is 5.50. The summed E-state index contributed by atoms with van der Waals surface area (Å²) in [7, 11) is 1.67. The molecule has 2 aromatic rings. The minimum absolute atomic E-state index is 0.0989. The summed E-state index contributed by atoms with van der Waals surface area (Å²) < 4.78 is 11.0. The minimum Gasteiger partial charge on any atom is -0.497 e. The Balaban J connectivity index is 1.61. The number of nitrogens with zero attached hydrogens (tertiary/aromatic N) is 2. The zero-order valence-electron chi connectivity index (χ0n) is 16.2. The van der Waals surface area contributed by atoms with Gasteiger partial charge in [-0.15, -0.1) is 11.3 Å². The average Bonchev–Trinajstić information content (AvgIpc) is 3.34. The van der Waals surface area contributed by atoms with E-state index in [2.05, 4.69) is 34.9 Å². The maximum atomic E-state index is 5.84. The largest absolute Gasteiger partial charge is 0.497 e. The van der Waals surface area contributed by atoms with Gasteiger partial charge in [0.2, 0.25) is 0 Å². The summed E-state index contributed by atoms with van der Waals surface area (Å²) >= 11 is 1.63. The summed E-state index contributed by atoms with van der Waals surface area (Å²) in [5.41, 5.74) is 1.96. The molecule has 0 bridgehead atoms. The predicted molar refractivity (Wildman–Crippen MR) is 111 cm³/mol. The van der Waals surface area contributed by atoms with Crippen molar-refractivity contribution in [2.45, 2.75) is 38.8 Å². The summed E-state index contributed by atoms with van der Waals surface area (Å²) in [5, 5.41) is 9.75. The van der Waals surface area contributed by atoms with E-state index in [0.717, 1.165) is 60.5 Å². The van der Waals surface area contributed by atoms with E-state index in [1.165, 1.54) is 0 Å². The van der Waals surface area contributed by atoms with Crippen LogP contribution in [0.25, 0.3) is 10.6 Å². The summed E-state index contributed by atoms with van der Waals surface area (Å²) in [6.45, 7) is 7.18. The third kappa shape index (κ3) is 5.43. The fraction of sp³-hybridized carbons (Fsp3) is 0.500. The fourth-order valence-corrected chi connectivity index (χ4v) is 3.81. The standard InChI is InChI=1S/C20H28N4O2S/c1-4-21-19(23-14-20(2)10-5-11-26-20)22-12-16-13-27-18(24-16)15-6-8-17(25-3)9-7-15/h6-9,13H,4-5,10-12,14H2,1-3H3,(H2,21,22,23). The van der Waals surface area contributed by atoms with E-state index >= 15 is 0 Å². The lowest BCUT2D eigenvalue weighted by atomic mass is 10.0. The van der Waals surface area contributed by atoms with Crippen LogP contribution in [0.5, 0.6) is 5.75 Å². The van der Waals surface area contributed by atoms with Crippen LogP contribution in [0, 0.1) is 0 Å². The first kappa shape index (κ1) is 19.6. The van der Waals surface area contributed by atoms with Crippen LogP contribution in [-0.2, 0) is 11.3 Å². The minimum atomic E-state index is -0.0989. The van der Waals surface area contributed by atoms with E-state index in [1.54, 1.807) is 18.4 Å². The van der Waals surface area contributed by atoms with Crippen LogP contribution in [0.15, 0.2) is 34.6 Å². The zero-order valence-corrected chi connectivity index (χ0v) is 17.1. The van der Waals surface area contributed by atoms with Crippen LogP contribution in [0.4, 0.5) is 0 Å². The Bertz CT molecular complexity index is 752. The van der Waals surface area contributed by atoms with E-state index in [1.807, 2.05) is 24.3 Å². The van der Waals surface area contributed by atoms with Crippen molar-refractivity contribution >= 4 is 17.3 Å². The van der Waals surface area contributed by atoms with E-state index in [4.69, 9.17) is 14.5 Å². The highest BCUT2D eigenvalue weighted by molar-refractivity contribution is 7.13. The molecule has 2 heterocycles. The average molecular weight is 389 g/mol. The van der Waals surface area contributed by atoms with Gasteiger partial charge in [-0.2, -0.15) is 0 Å². The van der Waals surface area contributed by atoms with Gasteiger partial charge in [0.05, 0.1) is 24.9 Å². The smallest absolute Gasteiger partial charge is 0.191 e. The number of rotatable bonds is 7. The Morgan fingerprint density at radius 2 is 2.15 bits per heavy atom. The molecule has 1 aliphatic heterocycles. The lowest BCUT2D eigenvalue weighted by Crippen LogP contribution is -2.45. The molecule has 1 saturated heterocycles. The van der Waals surface area contributed by atoms with Crippen LogP contribution in [0.3, 0.4) is 0 Å². The van der Waals surface area contributed by atoms with Gasteiger partial charge in [-0.05, 0) is 51.0 Å². The van der Waals surface area contributed by atoms with Crippen molar-refractivity contribution in [1.29, 1.82) is 0 Å². The van der Waals surface area contributed by atoms with Gasteiger partial charge in [-0.3, -0.25) is 0 Å². The van der Waals surface area contributed by atoms with Gasteiger partial charge in [0, 0.05) is 30.6 Å². The Labute approximate surface area is 165 Å². The molecule has 1 atom stereocenters. The van der Waals surface area contributed by atoms with E-state index < -0.39 is 0 Å². The molecule has 1 aromatic carbocycles. The van der Waals surface area contributed by atoms with Crippen molar-refractivity contribution in [2.24, 2.45) is 4.99 Å². The van der Waals surface area contributed by atoms with Crippen molar-refractivity contribution in [3.8, 4) is 16.3 Å². The van der Waals surface area contributed by atoms with Gasteiger partial charge in [-0.25, -0.2) is 9.98 Å². The fourth-order valence-electron chi connectivity index (χ4n) is 2.99. The molecular formula is C20H28N4O2S. The highest BCUT2D eigenvalue weighted by Gasteiger charge is 2.29. The van der Waals surface area contributed by atoms with Crippen LogP contribution in [0.2, 0.25) is 0 Å².